The maximum Gasteiger partial charge on any atom is 0.0971 e. The Morgan fingerprint density at radius 3 is 2.60 bits per heavy atom. The number of benzene rings is 1. The topological polar surface area (TPSA) is 60.0 Å². The molecule has 0 saturated heterocycles. The first kappa shape index (κ1) is 14.7. The molecule has 1 aromatic carbocycles. The van der Waals surface area contributed by atoms with Crippen molar-refractivity contribution in [2.75, 3.05) is 20.1 Å². The van der Waals surface area contributed by atoms with Gasteiger partial charge in [-0.1, -0.05) is 32.0 Å². The van der Waals surface area contributed by atoms with E-state index in [0.717, 1.165) is 24.5 Å². The number of nitrogens with zero attached hydrogens (tertiary/aromatic N) is 4. The van der Waals surface area contributed by atoms with Crippen molar-refractivity contribution < 1.29 is 0 Å². The predicted octanol–water partition coefficient (Wildman–Crippen LogP) is 1.68. The molecular weight excluding hydrogens is 250 g/mol. The third-order valence-electron chi connectivity index (χ3n) is 3.21. The molecule has 0 amide bonds. The van der Waals surface area contributed by atoms with E-state index in [2.05, 4.69) is 36.0 Å². The lowest BCUT2D eigenvalue weighted by atomic mass is 9.93. The van der Waals surface area contributed by atoms with Crippen LogP contribution < -0.4 is 5.73 Å². The van der Waals surface area contributed by atoms with Crippen LogP contribution in [0.4, 0.5) is 0 Å². The second-order valence-corrected chi connectivity index (χ2v) is 6.00. The number of para-hydroxylation sites is 1. The van der Waals surface area contributed by atoms with E-state index >= 15 is 0 Å². The van der Waals surface area contributed by atoms with Gasteiger partial charge in [0.05, 0.1) is 17.6 Å². The number of hydrogen-bond acceptors (Lipinski definition) is 4. The van der Waals surface area contributed by atoms with Gasteiger partial charge in [0.1, 0.15) is 0 Å². The van der Waals surface area contributed by atoms with Crippen LogP contribution in [0, 0.1) is 5.41 Å². The lowest BCUT2D eigenvalue weighted by molar-refractivity contribution is 0.208. The summed E-state index contributed by atoms with van der Waals surface area (Å²) in [4.78, 5) is 3.89. The first-order valence-electron chi connectivity index (χ1n) is 6.85. The summed E-state index contributed by atoms with van der Waals surface area (Å²) in [5.74, 6) is 0. The zero-order valence-corrected chi connectivity index (χ0v) is 12.5. The van der Waals surface area contributed by atoms with Crippen LogP contribution in [-0.4, -0.2) is 40.0 Å². The molecule has 0 fully saturated rings. The molecule has 1 heterocycles. The van der Waals surface area contributed by atoms with Crippen molar-refractivity contribution in [3.63, 3.8) is 0 Å². The molecule has 1 aromatic heterocycles. The molecule has 0 unspecified atom stereocenters. The molecule has 2 aromatic rings. The van der Waals surface area contributed by atoms with Crippen LogP contribution in [0.15, 0.2) is 36.5 Å². The van der Waals surface area contributed by atoms with Crippen molar-refractivity contribution in [1.82, 2.24) is 19.9 Å². The smallest absolute Gasteiger partial charge is 0.0971 e. The molecule has 0 atom stereocenters. The van der Waals surface area contributed by atoms with Gasteiger partial charge in [-0.15, -0.1) is 0 Å². The summed E-state index contributed by atoms with van der Waals surface area (Å²) < 4.78 is 0. The Morgan fingerprint density at radius 2 is 1.95 bits per heavy atom. The maximum atomic E-state index is 5.77. The highest BCUT2D eigenvalue weighted by Gasteiger charge is 2.18. The fraction of sp³-hybridized carbons (Fsp3) is 0.467. The van der Waals surface area contributed by atoms with Gasteiger partial charge in [0.25, 0.3) is 0 Å². The summed E-state index contributed by atoms with van der Waals surface area (Å²) in [6.45, 7) is 6.72. The summed E-state index contributed by atoms with van der Waals surface area (Å²) in [6, 6.07) is 9.93. The molecule has 0 saturated carbocycles. The van der Waals surface area contributed by atoms with Gasteiger partial charge in [-0.3, -0.25) is 4.90 Å². The Labute approximate surface area is 120 Å². The van der Waals surface area contributed by atoms with Crippen LogP contribution in [0.5, 0.6) is 0 Å². The molecule has 108 valence electrons. The van der Waals surface area contributed by atoms with E-state index in [1.165, 1.54) is 0 Å². The number of rotatable bonds is 6. The second-order valence-electron chi connectivity index (χ2n) is 6.00. The van der Waals surface area contributed by atoms with Crippen molar-refractivity contribution in [3.8, 4) is 5.69 Å². The van der Waals surface area contributed by atoms with E-state index in [4.69, 9.17) is 5.73 Å². The predicted molar refractivity (Wildman–Crippen MR) is 80.5 cm³/mol. The fourth-order valence-electron chi connectivity index (χ4n) is 2.18. The Balaban J connectivity index is 2.00. The Hall–Kier alpha value is -1.72. The lowest BCUT2D eigenvalue weighted by Gasteiger charge is -2.28. The minimum absolute atomic E-state index is 0.115. The first-order valence-corrected chi connectivity index (χ1v) is 6.85. The summed E-state index contributed by atoms with van der Waals surface area (Å²) in [6.07, 6.45) is 1.82. The van der Waals surface area contributed by atoms with Crippen LogP contribution in [-0.2, 0) is 6.54 Å². The fourth-order valence-corrected chi connectivity index (χ4v) is 2.18. The minimum atomic E-state index is 0.115. The number of aromatic nitrogens is 3. The van der Waals surface area contributed by atoms with Gasteiger partial charge in [0.2, 0.25) is 0 Å². The van der Waals surface area contributed by atoms with Gasteiger partial charge in [-0.05, 0) is 31.1 Å². The Morgan fingerprint density at radius 1 is 1.25 bits per heavy atom. The minimum Gasteiger partial charge on any atom is -0.330 e. The molecule has 2 rings (SSSR count). The van der Waals surface area contributed by atoms with Gasteiger partial charge in [0.15, 0.2) is 0 Å². The van der Waals surface area contributed by atoms with Gasteiger partial charge in [-0.25, -0.2) is 0 Å². The highest BCUT2D eigenvalue weighted by molar-refractivity contribution is 5.28. The molecular formula is C15H23N5. The molecule has 0 aliphatic heterocycles. The van der Waals surface area contributed by atoms with Gasteiger partial charge in [0, 0.05) is 13.1 Å². The van der Waals surface area contributed by atoms with E-state index in [0.29, 0.717) is 6.54 Å². The average Bonchev–Trinajstić information content (AvgIpc) is 2.87. The van der Waals surface area contributed by atoms with E-state index in [1.54, 1.807) is 4.80 Å². The average molecular weight is 273 g/mol. The van der Waals surface area contributed by atoms with E-state index in [9.17, 15) is 0 Å². The normalized spacial score (nSPS) is 12.1. The van der Waals surface area contributed by atoms with Crippen LogP contribution in [0.3, 0.4) is 0 Å². The monoisotopic (exact) mass is 273 g/mol. The number of nitrogens with two attached hydrogens (primary N) is 1. The highest BCUT2D eigenvalue weighted by atomic mass is 15.5. The largest absolute Gasteiger partial charge is 0.330 e. The third-order valence-corrected chi connectivity index (χ3v) is 3.21. The molecule has 0 aliphatic rings. The van der Waals surface area contributed by atoms with Crippen molar-refractivity contribution in [2.24, 2.45) is 11.1 Å². The molecule has 0 bridgehead atoms. The Kier molecular flexibility index (Phi) is 4.52. The zero-order valence-electron chi connectivity index (χ0n) is 12.5. The summed E-state index contributed by atoms with van der Waals surface area (Å²) in [5.41, 5.74) is 7.82. The third kappa shape index (κ3) is 3.88. The van der Waals surface area contributed by atoms with E-state index in [1.807, 2.05) is 36.5 Å². The maximum absolute atomic E-state index is 5.77. The molecule has 5 heteroatoms. The second kappa shape index (κ2) is 6.15. The lowest BCUT2D eigenvalue weighted by Crippen LogP contribution is -2.36. The SMILES string of the molecule is CN(Cc1cnn(-c2ccccc2)n1)CC(C)(C)CN. The summed E-state index contributed by atoms with van der Waals surface area (Å²) in [5, 5.41) is 8.82. The van der Waals surface area contributed by atoms with E-state index < -0.39 is 0 Å². The molecule has 0 aliphatic carbocycles. The van der Waals surface area contributed by atoms with Crippen LogP contribution in [0.2, 0.25) is 0 Å². The quantitative estimate of drug-likeness (QED) is 0.870. The van der Waals surface area contributed by atoms with Crippen LogP contribution in [0.25, 0.3) is 5.69 Å². The van der Waals surface area contributed by atoms with Crippen molar-refractivity contribution in [2.45, 2.75) is 20.4 Å². The van der Waals surface area contributed by atoms with Crippen molar-refractivity contribution in [1.29, 1.82) is 0 Å². The molecule has 0 radical (unpaired) electrons. The van der Waals surface area contributed by atoms with Crippen LogP contribution in [0.1, 0.15) is 19.5 Å². The van der Waals surface area contributed by atoms with Crippen LogP contribution >= 0.6 is 0 Å². The van der Waals surface area contributed by atoms with Crippen molar-refractivity contribution in [3.05, 3.63) is 42.2 Å². The molecule has 20 heavy (non-hydrogen) atoms. The Bertz CT molecular complexity index is 532. The zero-order chi connectivity index (χ0) is 14.6. The summed E-state index contributed by atoms with van der Waals surface area (Å²) >= 11 is 0. The van der Waals surface area contributed by atoms with Gasteiger partial charge in [-0.2, -0.15) is 15.0 Å². The van der Waals surface area contributed by atoms with E-state index in [-0.39, 0.29) is 5.41 Å². The molecule has 2 N–H and O–H groups in total. The summed E-state index contributed by atoms with van der Waals surface area (Å²) in [7, 11) is 2.08. The van der Waals surface area contributed by atoms with Gasteiger partial charge < -0.3 is 5.73 Å². The highest BCUT2D eigenvalue weighted by Crippen LogP contribution is 2.15. The molecule has 5 nitrogen and oxygen atoms in total. The van der Waals surface area contributed by atoms with Crippen molar-refractivity contribution >= 4 is 0 Å². The standard InChI is InChI=1S/C15H23N5/c1-15(2,11-16)12-19(3)10-13-9-17-20(18-13)14-7-5-4-6-8-14/h4-9H,10-12,16H2,1-3H3. The molecule has 0 spiro atoms. The van der Waals surface area contributed by atoms with Gasteiger partial charge >= 0.3 is 0 Å². The number of hydrogen-bond donors (Lipinski definition) is 1. The first-order chi connectivity index (χ1) is 9.50.